The van der Waals surface area contributed by atoms with Gasteiger partial charge < -0.3 is 20.5 Å². The molecule has 1 saturated carbocycles. The summed E-state index contributed by atoms with van der Waals surface area (Å²) in [7, 11) is 0. The number of nitrogen functional groups attached to an aromatic ring is 1. The van der Waals surface area contributed by atoms with E-state index in [2.05, 4.69) is 9.55 Å². The van der Waals surface area contributed by atoms with Gasteiger partial charge in [0.1, 0.15) is 0 Å². The molecule has 1 aliphatic carbocycles. The zero-order chi connectivity index (χ0) is 13.4. The Hall–Kier alpha value is -1.59. The van der Waals surface area contributed by atoms with Gasteiger partial charge >= 0.3 is 0 Å². The third-order valence-corrected chi connectivity index (χ3v) is 4.00. The van der Waals surface area contributed by atoms with Crippen LogP contribution < -0.4 is 5.73 Å². The Morgan fingerprint density at radius 2 is 2.00 bits per heavy atom. The molecule has 1 aliphatic rings. The molecule has 1 fully saturated rings. The molecule has 102 valence electrons. The Kier molecular flexibility index (Phi) is 3.16. The number of aromatic nitrogens is 2. The number of imidazole rings is 1. The van der Waals surface area contributed by atoms with Crippen LogP contribution in [0.25, 0.3) is 11.0 Å². The van der Waals surface area contributed by atoms with Crippen LogP contribution in [0.5, 0.6) is 0 Å². The van der Waals surface area contributed by atoms with Gasteiger partial charge in [-0.2, -0.15) is 0 Å². The number of aliphatic hydroxyl groups is 2. The van der Waals surface area contributed by atoms with Crippen LogP contribution >= 0.6 is 0 Å². The number of anilines is 1. The van der Waals surface area contributed by atoms with Gasteiger partial charge in [-0.25, -0.2) is 4.98 Å². The molecule has 2 aromatic rings. The lowest BCUT2D eigenvalue weighted by atomic mass is 9.93. The maximum absolute atomic E-state index is 9.59. The quantitative estimate of drug-likeness (QED) is 0.766. The molecule has 5 heteroatoms. The van der Waals surface area contributed by atoms with E-state index in [-0.39, 0.29) is 12.7 Å². The van der Waals surface area contributed by atoms with E-state index in [9.17, 15) is 5.11 Å². The molecule has 1 aromatic heterocycles. The fraction of sp³-hybridized carbons (Fsp3) is 0.500. The van der Waals surface area contributed by atoms with Gasteiger partial charge in [0.2, 0.25) is 5.95 Å². The first kappa shape index (κ1) is 12.4. The van der Waals surface area contributed by atoms with Crippen LogP contribution in [0.3, 0.4) is 0 Å². The number of aliphatic hydroxyl groups excluding tert-OH is 2. The van der Waals surface area contributed by atoms with E-state index in [0.717, 1.165) is 42.3 Å². The van der Waals surface area contributed by atoms with Gasteiger partial charge in [0.25, 0.3) is 0 Å². The zero-order valence-corrected chi connectivity index (χ0v) is 10.8. The van der Waals surface area contributed by atoms with Crippen LogP contribution in [-0.4, -0.2) is 25.9 Å². The third-order valence-electron chi connectivity index (χ3n) is 4.00. The summed E-state index contributed by atoms with van der Waals surface area (Å²) in [6, 6.07) is 6.06. The first-order chi connectivity index (χ1) is 9.19. The van der Waals surface area contributed by atoms with Gasteiger partial charge in [0.15, 0.2) is 0 Å². The van der Waals surface area contributed by atoms with E-state index in [1.807, 2.05) is 18.2 Å². The zero-order valence-electron chi connectivity index (χ0n) is 10.8. The number of hydrogen-bond donors (Lipinski definition) is 3. The topological polar surface area (TPSA) is 84.3 Å². The van der Waals surface area contributed by atoms with Gasteiger partial charge in [-0.15, -0.1) is 0 Å². The van der Waals surface area contributed by atoms with Crippen LogP contribution in [0, 0.1) is 0 Å². The summed E-state index contributed by atoms with van der Waals surface area (Å²) in [6.07, 6.45) is 3.32. The van der Waals surface area contributed by atoms with Crippen LogP contribution in [0.1, 0.15) is 37.3 Å². The maximum atomic E-state index is 9.59. The lowest BCUT2D eigenvalue weighted by Crippen LogP contribution is -2.22. The van der Waals surface area contributed by atoms with Crippen molar-refractivity contribution in [2.75, 3.05) is 5.73 Å². The summed E-state index contributed by atoms with van der Waals surface area (Å²) >= 11 is 0. The highest BCUT2D eigenvalue weighted by atomic mass is 16.3. The molecule has 19 heavy (non-hydrogen) atoms. The molecular formula is C14H19N3O2. The predicted molar refractivity (Wildman–Crippen MR) is 73.6 cm³/mol. The molecule has 5 nitrogen and oxygen atoms in total. The van der Waals surface area contributed by atoms with Crippen molar-refractivity contribution >= 4 is 17.0 Å². The summed E-state index contributed by atoms with van der Waals surface area (Å²) in [6.45, 7) is 0.0122. The van der Waals surface area contributed by atoms with E-state index in [4.69, 9.17) is 10.8 Å². The maximum Gasteiger partial charge on any atom is 0.201 e. The highest BCUT2D eigenvalue weighted by Crippen LogP contribution is 2.33. The number of hydrogen-bond acceptors (Lipinski definition) is 4. The van der Waals surface area contributed by atoms with Crippen molar-refractivity contribution in [1.29, 1.82) is 0 Å². The van der Waals surface area contributed by atoms with Gasteiger partial charge in [-0.3, -0.25) is 0 Å². The highest BCUT2D eigenvalue weighted by Gasteiger charge is 2.23. The second kappa shape index (κ2) is 4.83. The molecule has 0 aliphatic heterocycles. The van der Waals surface area contributed by atoms with Crippen molar-refractivity contribution in [3.8, 4) is 0 Å². The number of fused-ring (bicyclic) bond motifs is 1. The number of rotatable bonds is 2. The Morgan fingerprint density at radius 1 is 1.26 bits per heavy atom. The SMILES string of the molecule is Nc1nc2cc(CO)ccc2n1[C@H]1CC[C@H](O)CC1. The van der Waals surface area contributed by atoms with Crippen LogP contribution in [-0.2, 0) is 6.61 Å². The highest BCUT2D eigenvalue weighted by molar-refractivity contribution is 5.79. The third kappa shape index (κ3) is 2.19. The summed E-state index contributed by atoms with van der Waals surface area (Å²) in [5, 5.41) is 18.7. The summed E-state index contributed by atoms with van der Waals surface area (Å²) in [4.78, 5) is 4.38. The summed E-state index contributed by atoms with van der Waals surface area (Å²) < 4.78 is 2.07. The van der Waals surface area contributed by atoms with Gasteiger partial charge in [-0.05, 0) is 43.4 Å². The van der Waals surface area contributed by atoms with E-state index in [1.54, 1.807) is 0 Å². The average Bonchev–Trinajstić information content (AvgIpc) is 2.74. The molecule has 0 atom stereocenters. The molecule has 1 heterocycles. The van der Waals surface area contributed by atoms with Crippen molar-refractivity contribution < 1.29 is 10.2 Å². The largest absolute Gasteiger partial charge is 0.393 e. The molecule has 0 unspecified atom stereocenters. The fourth-order valence-corrected chi connectivity index (χ4v) is 2.96. The molecule has 0 amide bonds. The van der Waals surface area contributed by atoms with E-state index in [1.165, 1.54) is 0 Å². The normalized spacial score (nSPS) is 23.9. The van der Waals surface area contributed by atoms with Crippen molar-refractivity contribution in [1.82, 2.24) is 9.55 Å². The minimum Gasteiger partial charge on any atom is -0.393 e. The van der Waals surface area contributed by atoms with Gasteiger partial charge in [0, 0.05) is 6.04 Å². The van der Waals surface area contributed by atoms with Crippen molar-refractivity contribution in [3.05, 3.63) is 23.8 Å². The number of nitrogens with zero attached hydrogens (tertiary/aromatic N) is 2. The number of benzene rings is 1. The first-order valence-corrected chi connectivity index (χ1v) is 6.74. The molecule has 0 radical (unpaired) electrons. The minimum atomic E-state index is -0.173. The molecule has 0 bridgehead atoms. The van der Waals surface area contributed by atoms with Crippen molar-refractivity contribution in [2.24, 2.45) is 0 Å². The average molecular weight is 261 g/mol. The van der Waals surface area contributed by atoms with Crippen LogP contribution in [0.2, 0.25) is 0 Å². The standard InChI is InChI=1S/C14H19N3O2/c15-14-16-12-7-9(8-18)1-6-13(12)17(14)10-2-4-11(19)5-3-10/h1,6-7,10-11,18-19H,2-5,8H2,(H2,15,16)/t10-,11-. The predicted octanol–water partition coefficient (Wildman–Crippen LogP) is 1.59. The molecular weight excluding hydrogens is 242 g/mol. The van der Waals surface area contributed by atoms with Gasteiger partial charge in [0.05, 0.1) is 23.7 Å². The minimum absolute atomic E-state index is 0.0122. The van der Waals surface area contributed by atoms with Crippen molar-refractivity contribution in [2.45, 2.75) is 44.4 Å². The van der Waals surface area contributed by atoms with Gasteiger partial charge in [-0.1, -0.05) is 6.07 Å². The van der Waals surface area contributed by atoms with E-state index >= 15 is 0 Å². The smallest absolute Gasteiger partial charge is 0.201 e. The first-order valence-electron chi connectivity index (χ1n) is 6.74. The molecule has 1 aromatic carbocycles. The Balaban J connectivity index is 2.01. The van der Waals surface area contributed by atoms with Crippen LogP contribution in [0.15, 0.2) is 18.2 Å². The monoisotopic (exact) mass is 261 g/mol. The fourth-order valence-electron chi connectivity index (χ4n) is 2.96. The molecule has 0 spiro atoms. The number of nitrogens with two attached hydrogens (primary N) is 1. The Labute approximate surface area is 111 Å². The van der Waals surface area contributed by atoms with E-state index in [0.29, 0.717) is 12.0 Å². The second-order valence-electron chi connectivity index (χ2n) is 5.28. The van der Waals surface area contributed by atoms with E-state index < -0.39 is 0 Å². The second-order valence-corrected chi connectivity index (χ2v) is 5.28. The summed E-state index contributed by atoms with van der Waals surface area (Å²) in [5.41, 5.74) is 8.72. The lowest BCUT2D eigenvalue weighted by Gasteiger charge is -2.27. The Morgan fingerprint density at radius 3 is 2.68 bits per heavy atom. The molecule has 4 N–H and O–H groups in total. The van der Waals surface area contributed by atoms with Crippen molar-refractivity contribution in [3.63, 3.8) is 0 Å². The Bertz CT molecular complexity index is 586. The molecule has 3 rings (SSSR count). The lowest BCUT2D eigenvalue weighted by molar-refractivity contribution is 0.112. The summed E-state index contributed by atoms with van der Waals surface area (Å²) in [5.74, 6) is 0.520. The molecule has 0 saturated heterocycles. The van der Waals surface area contributed by atoms with Crippen LogP contribution in [0.4, 0.5) is 5.95 Å².